The number of nitrogens with zero attached hydrogens (tertiary/aromatic N) is 2. The lowest BCUT2D eigenvalue weighted by molar-refractivity contribution is -0.123. The van der Waals surface area contributed by atoms with Crippen molar-refractivity contribution >= 4 is 51.5 Å². The zero-order valence-corrected chi connectivity index (χ0v) is 20.6. The lowest BCUT2D eigenvalue weighted by Crippen LogP contribution is -2.34. The molecule has 7 heteroatoms. The van der Waals surface area contributed by atoms with Crippen molar-refractivity contribution in [2.24, 2.45) is 5.92 Å². The standard InChI is InChI=1S/C28H29N3O3S/c1-19-11-13-22(14-12-19)29-26(32)18-30-17-21(23-9-5-6-10-24(23)30)15-25-27(33)31(28(34)35-25)16-20-7-3-2-4-8-20/h5-6,9-15,17,20H,2-4,7-8,16,18H2,1H3,(H,29,32)/b25-15+. The Kier molecular flexibility index (Phi) is 6.77. The van der Waals surface area contributed by atoms with Gasteiger partial charge in [0, 0.05) is 34.9 Å². The number of carbonyl (C=O) groups excluding carboxylic acids is 3. The third-order valence-electron chi connectivity index (χ3n) is 6.79. The highest BCUT2D eigenvalue weighted by molar-refractivity contribution is 8.18. The molecule has 0 spiro atoms. The average Bonchev–Trinajstić information content (AvgIpc) is 3.33. The third-order valence-corrected chi connectivity index (χ3v) is 7.70. The maximum atomic E-state index is 13.1. The van der Waals surface area contributed by atoms with Gasteiger partial charge in [-0.05, 0) is 61.7 Å². The van der Waals surface area contributed by atoms with Gasteiger partial charge in [0.2, 0.25) is 5.91 Å². The van der Waals surface area contributed by atoms with Gasteiger partial charge in [0.1, 0.15) is 6.54 Å². The molecule has 1 aliphatic carbocycles. The Balaban J connectivity index is 1.36. The van der Waals surface area contributed by atoms with Crippen molar-refractivity contribution < 1.29 is 14.4 Å². The minimum Gasteiger partial charge on any atom is -0.337 e. The van der Waals surface area contributed by atoms with Crippen LogP contribution < -0.4 is 5.32 Å². The van der Waals surface area contributed by atoms with Crippen LogP contribution in [-0.2, 0) is 16.1 Å². The first kappa shape index (κ1) is 23.4. The first-order valence-corrected chi connectivity index (χ1v) is 13.0. The summed E-state index contributed by atoms with van der Waals surface area (Å²) >= 11 is 1.01. The number of hydrogen-bond donors (Lipinski definition) is 1. The van der Waals surface area contributed by atoms with Crippen LogP contribution in [0, 0.1) is 12.8 Å². The Labute approximate surface area is 209 Å². The van der Waals surface area contributed by atoms with Gasteiger partial charge >= 0.3 is 0 Å². The summed E-state index contributed by atoms with van der Waals surface area (Å²) in [6.45, 7) is 2.66. The molecule has 1 saturated heterocycles. The molecule has 2 fully saturated rings. The van der Waals surface area contributed by atoms with Crippen LogP contribution >= 0.6 is 11.8 Å². The van der Waals surface area contributed by atoms with Crippen molar-refractivity contribution in [2.45, 2.75) is 45.6 Å². The fourth-order valence-electron chi connectivity index (χ4n) is 4.94. The molecule has 0 radical (unpaired) electrons. The molecule has 2 aromatic carbocycles. The maximum absolute atomic E-state index is 13.1. The van der Waals surface area contributed by atoms with Crippen LogP contribution in [0.5, 0.6) is 0 Å². The number of benzene rings is 2. The molecule has 3 aromatic rings. The Morgan fingerprint density at radius 2 is 1.80 bits per heavy atom. The van der Waals surface area contributed by atoms with Gasteiger partial charge in [-0.1, -0.05) is 55.2 Å². The first-order valence-electron chi connectivity index (χ1n) is 12.2. The molecule has 180 valence electrons. The Morgan fingerprint density at radius 3 is 2.57 bits per heavy atom. The molecule has 0 atom stereocenters. The second kappa shape index (κ2) is 10.1. The first-order chi connectivity index (χ1) is 17.0. The number of para-hydroxylation sites is 1. The van der Waals surface area contributed by atoms with Crippen molar-refractivity contribution in [3.63, 3.8) is 0 Å². The second-order valence-corrected chi connectivity index (χ2v) is 10.4. The van der Waals surface area contributed by atoms with Gasteiger partial charge in [-0.25, -0.2) is 0 Å². The van der Waals surface area contributed by atoms with E-state index in [0.29, 0.717) is 17.4 Å². The monoisotopic (exact) mass is 487 g/mol. The predicted molar refractivity (Wildman–Crippen MR) is 141 cm³/mol. The van der Waals surface area contributed by atoms with Crippen LogP contribution in [0.1, 0.15) is 43.2 Å². The number of imide groups is 1. The molecule has 0 bridgehead atoms. The molecular formula is C28H29N3O3S. The van der Waals surface area contributed by atoms with Crippen LogP contribution in [0.25, 0.3) is 17.0 Å². The lowest BCUT2D eigenvalue weighted by Gasteiger charge is -2.25. The number of aryl methyl sites for hydroxylation is 1. The van der Waals surface area contributed by atoms with Crippen LogP contribution in [0.4, 0.5) is 10.5 Å². The molecule has 3 amide bonds. The SMILES string of the molecule is Cc1ccc(NC(=O)Cn2cc(/C=C3/SC(=O)N(CC4CCCCC4)C3=O)c3ccccc32)cc1. The molecule has 1 saturated carbocycles. The predicted octanol–water partition coefficient (Wildman–Crippen LogP) is 6.21. The zero-order valence-electron chi connectivity index (χ0n) is 19.8. The van der Waals surface area contributed by atoms with Gasteiger partial charge in [-0.15, -0.1) is 0 Å². The Bertz CT molecular complexity index is 1300. The maximum Gasteiger partial charge on any atom is 0.293 e. The zero-order chi connectivity index (χ0) is 24.4. The smallest absolute Gasteiger partial charge is 0.293 e. The van der Waals surface area contributed by atoms with Crippen LogP contribution in [0.2, 0.25) is 0 Å². The van der Waals surface area contributed by atoms with Crippen molar-refractivity contribution in [3.8, 4) is 0 Å². The van der Waals surface area contributed by atoms with Crippen LogP contribution in [-0.4, -0.2) is 33.1 Å². The van der Waals surface area contributed by atoms with Gasteiger partial charge in [0.05, 0.1) is 4.91 Å². The molecule has 6 nitrogen and oxygen atoms in total. The Hall–Kier alpha value is -3.32. The summed E-state index contributed by atoms with van der Waals surface area (Å²) < 4.78 is 1.89. The lowest BCUT2D eigenvalue weighted by atomic mass is 9.89. The van der Waals surface area contributed by atoms with Crippen LogP contribution in [0.15, 0.2) is 59.6 Å². The Morgan fingerprint density at radius 1 is 1.06 bits per heavy atom. The highest BCUT2D eigenvalue weighted by Crippen LogP contribution is 2.36. The van der Waals surface area contributed by atoms with E-state index in [-0.39, 0.29) is 23.6 Å². The topological polar surface area (TPSA) is 71.4 Å². The number of hydrogen-bond acceptors (Lipinski definition) is 4. The number of carbonyl (C=O) groups is 3. The molecule has 5 rings (SSSR count). The van der Waals surface area contributed by atoms with E-state index in [1.807, 2.05) is 66.2 Å². The minimum atomic E-state index is -0.209. The quantitative estimate of drug-likeness (QED) is 0.420. The summed E-state index contributed by atoms with van der Waals surface area (Å²) in [4.78, 5) is 40.3. The highest BCUT2D eigenvalue weighted by atomic mass is 32.2. The molecule has 1 aliphatic heterocycles. The van der Waals surface area contributed by atoms with Gasteiger partial charge in [0.25, 0.3) is 11.1 Å². The van der Waals surface area contributed by atoms with E-state index in [0.717, 1.165) is 52.3 Å². The summed E-state index contributed by atoms with van der Waals surface area (Å²) in [6, 6.07) is 15.5. The number of aromatic nitrogens is 1. The summed E-state index contributed by atoms with van der Waals surface area (Å²) in [5.41, 5.74) is 3.61. The number of nitrogens with one attached hydrogen (secondary N) is 1. The van der Waals surface area contributed by atoms with Gasteiger partial charge in [-0.3, -0.25) is 19.3 Å². The van der Waals surface area contributed by atoms with Crippen LogP contribution in [0.3, 0.4) is 0 Å². The molecule has 2 heterocycles. The van der Waals surface area contributed by atoms with E-state index >= 15 is 0 Å². The number of fused-ring (bicyclic) bond motifs is 1. The second-order valence-electron chi connectivity index (χ2n) is 9.44. The number of amides is 3. The third kappa shape index (κ3) is 5.20. The number of rotatable bonds is 6. The fraction of sp³-hybridized carbons (Fsp3) is 0.321. The van der Waals surface area contributed by atoms with Crippen molar-refractivity contribution in [3.05, 3.63) is 70.8 Å². The summed E-state index contributed by atoms with van der Waals surface area (Å²) in [6.07, 6.45) is 9.43. The molecule has 35 heavy (non-hydrogen) atoms. The minimum absolute atomic E-state index is 0.131. The summed E-state index contributed by atoms with van der Waals surface area (Å²) in [7, 11) is 0. The average molecular weight is 488 g/mol. The molecule has 1 aromatic heterocycles. The largest absolute Gasteiger partial charge is 0.337 e. The van der Waals surface area contributed by atoms with Gasteiger partial charge in [-0.2, -0.15) is 0 Å². The van der Waals surface area contributed by atoms with E-state index in [9.17, 15) is 14.4 Å². The van der Waals surface area contributed by atoms with E-state index in [4.69, 9.17) is 0 Å². The number of thioether (sulfide) groups is 1. The summed E-state index contributed by atoms with van der Waals surface area (Å²) in [5.74, 6) is 0.0686. The molecule has 1 N–H and O–H groups in total. The molecule has 2 aliphatic rings. The molecular weight excluding hydrogens is 458 g/mol. The van der Waals surface area contributed by atoms with Gasteiger partial charge in [0.15, 0.2) is 0 Å². The molecule has 0 unspecified atom stereocenters. The summed E-state index contributed by atoms with van der Waals surface area (Å²) in [5, 5.41) is 3.69. The van der Waals surface area contributed by atoms with Gasteiger partial charge < -0.3 is 9.88 Å². The number of anilines is 1. The highest BCUT2D eigenvalue weighted by Gasteiger charge is 2.36. The fourth-order valence-corrected chi connectivity index (χ4v) is 5.78. The van der Waals surface area contributed by atoms with E-state index in [1.54, 1.807) is 6.08 Å². The van der Waals surface area contributed by atoms with Crippen molar-refractivity contribution in [1.82, 2.24) is 9.47 Å². The van der Waals surface area contributed by atoms with Crippen molar-refractivity contribution in [1.29, 1.82) is 0 Å². The van der Waals surface area contributed by atoms with Crippen molar-refractivity contribution in [2.75, 3.05) is 11.9 Å². The normalized spacial score (nSPS) is 18.1. The van der Waals surface area contributed by atoms with E-state index < -0.39 is 0 Å². The van der Waals surface area contributed by atoms with E-state index in [2.05, 4.69) is 5.32 Å². The van der Waals surface area contributed by atoms with E-state index in [1.165, 1.54) is 24.2 Å².